The summed E-state index contributed by atoms with van der Waals surface area (Å²) in [7, 11) is 3.41. The van der Waals surface area contributed by atoms with Crippen LogP contribution in [0.3, 0.4) is 0 Å². The van der Waals surface area contributed by atoms with E-state index < -0.39 is 0 Å². The Morgan fingerprint density at radius 2 is 1.16 bits per heavy atom. The molecule has 37 heavy (non-hydrogen) atoms. The SMILES string of the molecule is COc1ccc(CN2CCCN(Cc3ccc(OC)cc3)C2c2ccc(N(CCCl)CCCl)cc2)cc1. The molecule has 0 N–H and O–H groups in total. The smallest absolute Gasteiger partial charge is 0.118 e. The first kappa shape index (κ1) is 27.6. The Kier molecular flexibility index (Phi) is 10.4. The lowest BCUT2D eigenvalue weighted by atomic mass is 10.0. The number of benzene rings is 3. The number of anilines is 1. The molecule has 0 aliphatic carbocycles. The number of halogens is 2. The van der Waals surface area contributed by atoms with E-state index in [1.165, 1.54) is 16.7 Å². The normalized spacial score (nSPS) is 15.0. The van der Waals surface area contributed by atoms with Gasteiger partial charge >= 0.3 is 0 Å². The lowest BCUT2D eigenvalue weighted by molar-refractivity contribution is -0.00909. The molecular weight excluding hydrogens is 505 g/mol. The summed E-state index contributed by atoms with van der Waals surface area (Å²) >= 11 is 12.1. The maximum Gasteiger partial charge on any atom is 0.118 e. The van der Waals surface area contributed by atoms with Gasteiger partial charge in [0.2, 0.25) is 0 Å². The highest BCUT2D eigenvalue weighted by molar-refractivity contribution is 6.18. The summed E-state index contributed by atoms with van der Waals surface area (Å²) in [6.07, 6.45) is 1.29. The highest BCUT2D eigenvalue weighted by atomic mass is 35.5. The number of ether oxygens (including phenoxy) is 2. The molecule has 1 fully saturated rings. The van der Waals surface area contributed by atoms with Crippen molar-refractivity contribution < 1.29 is 9.47 Å². The Hall–Kier alpha value is -2.44. The highest BCUT2D eigenvalue weighted by Crippen LogP contribution is 2.33. The zero-order valence-electron chi connectivity index (χ0n) is 21.8. The van der Waals surface area contributed by atoms with E-state index in [1.807, 2.05) is 24.3 Å². The molecule has 3 aromatic carbocycles. The zero-order valence-corrected chi connectivity index (χ0v) is 23.3. The van der Waals surface area contributed by atoms with Crippen LogP contribution in [0, 0.1) is 0 Å². The van der Waals surface area contributed by atoms with Gasteiger partial charge < -0.3 is 14.4 Å². The van der Waals surface area contributed by atoms with E-state index in [-0.39, 0.29) is 6.17 Å². The minimum absolute atomic E-state index is 0.168. The molecule has 3 aromatic rings. The van der Waals surface area contributed by atoms with Crippen LogP contribution in [0.2, 0.25) is 0 Å². The van der Waals surface area contributed by atoms with Crippen LogP contribution in [0.25, 0.3) is 0 Å². The van der Waals surface area contributed by atoms with Crippen molar-refractivity contribution in [1.29, 1.82) is 0 Å². The van der Waals surface area contributed by atoms with Crippen molar-refractivity contribution in [1.82, 2.24) is 9.80 Å². The number of nitrogens with zero attached hydrogens (tertiary/aromatic N) is 3. The van der Waals surface area contributed by atoms with Gasteiger partial charge in [0.15, 0.2) is 0 Å². The van der Waals surface area contributed by atoms with E-state index in [2.05, 4.69) is 63.2 Å². The van der Waals surface area contributed by atoms with Crippen LogP contribution in [0.15, 0.2) is 72.8 Å². The predicted octanol–water partition coefficient (Wildman–Crippen LogP) is 6.39. The number of hydrogen-bond acceptors (Lipinski definition) is 5. The van der Waals surface area contributed by atoms with Crippen LogP contribution >= 0.6 is 23.2 Å². The Labute approximate surface area is 231 Å². The van der Waals surface area contributed by atoms with Crippen LogP contribution in [0.4, 0.5) is 5.69 Å². The van der Waals surface area contributed by atoms with E-state index >= 15 is 0 Å². The number of methoxy groups -OCH3 is 2. The number of rotatable bonds is 12. The second-order valence-corrected chi connectivity index (χ2v) is 10.1. The van der Waals surface area contributed by atoms with E-state index in [0.717, 1.165) is 62.9 Å². The van der Waals surface area contributed by atoms with Gasteiger partial charge in [-0.25, -0.2) is 0 Å². The summed E-state index contributed by atoms with van der Waals surface area (Å²) in [6.45, 7) is 5.40. The fourth-order valence-electron chi connectivity index (χ4n) is 5.07. The first-order valence-electron chi connectivity index (χ1n) is 12.9. The van der Waals surface area contributed by atoms with Crippen LogP contribution in [-0.4, -0.2) is 62.0 Å². The molecule has 4 rings (SSSR count). The van der Waals surface area contributed by atoms with Crippen molar-refractivity contribution in [3.05, 3.63) is 89.5 Å². The molecule has 1 heterocycles. The number of hydrogen-bond donors (Lipinski definition) is 0. The molecule has 0 spiro atoms. The van der Waals surface area contributed by atoms with Crippen molar-refractivity contribution in [3.8, 4) is 11.5 Å². The molecule has 1 saturated heterocycles. The zero-order chi connectivity index (χ0) is 26.0. The molecule has 0 unspecified atom stereocenters. The molecule has 198 valence electrons. The van der Waals surface area contributed by atoms with Gasteiger partial charge in [0.1, 0.15) is 11.5 Å². The van der Waals surface area contributed by atoms with Gasteiger partial charge in [-0.15, -0.1) is 23.2 Å². The predicted molar refractivity (Wildman–Crippen MR) is 154 cm³/mol. The maximum atomic E-state index is 6.05. The molecule has 0 radical (unpaired) electrons. The second-order valence-electron chi connectivity index (χ2n) is 9.32. The van der Waals surface area contributed by atoms with E-state index in [9.17, 15) is 0 Å². The van der Waals surface area contributed by atoms with Gasteiger partial charge in [0, 0.05) is 56.7 Å². The van der Waals surface area contributed by atoms with Gasteiger partial charge in [0.05, 0.1) is 20.4 Å². The third-order valence-corrected chi connectivity index (χ3v) is 7.28. The average molecular weight is 543 g/mol. The fraction of sp³-hybridized carbons (Fsp3) is 0.400. The van der Waals surface area contributed by atoms with Crippen LogP contribution in [0.1, 0.15) is 29.3 Å². The lowest BCUT2D eigenvalue weighted by Gasteiger charge is -2.44. The summed E-state index contributed by atoms with van der Waals surface area (Å²) in [4.78, 5) is 7.41. The molecule has 0 aromatic heterocycles. The number of alkyl halides is 2. The molecule has 1 aliphatic heterocycles. The minimum atomic E-state index is 0.168. The van der Waals surface area contributed by atoms with Gasteiger partial charge in [-0.2, -0.15) is 0 Å². The Morgan fingerprint density at radius 3 is 1.57 bits per heavy atom. The second kappa shape index (κ2) is 13.9. The highest BCUT2D eigenvalue weighted by Gasteiger charge is 2.31. The first-order valence-corrected chi connectivity index (χ1v) is 13.9. The van der Waals surface area contributed by atoms with Crippen LogP contribution in [0.5, 0.6) is 11.5 Å². The third-order valence-electron chi connectivity index (χ3n) is 6.94. The monoisotopic (exact) mass is 541 g/mol. The Bertz CT molecular complexity index is 1010. The van der Waals surface area contributed by atoms with E-state index in [4.69, 9.17) is 32.7 Å². The fourth-order valence-corrected chi connectivity index (χ4v) is 5.48. The van der Waals surface area contributed by atoms with Crippen molar-refractivity contribution in [2.24, 2.45) is 0 Å². The Balaban J connectivity index is 1.61. The largest absolute Gasteiger partial charge is 0.497 e. The van der Waals surface area contributed by atoms with Crippen molar-refractivity contribution in [3.63, 3.8) is 0 Å². The topological polar surface area (TPSA) is 28.2 Å². The van der Waals surface area contributed by atoms with Gasteiger partial charge in [-0.05, 0) is 59.5 Å². The molecule has 7 heteroatoms. The summed E-state index contributed by atoms with van der Waals surface area (Å²) in [5.74, 6) is 2.92. The molecule has 0 bridgehead atoms. The molecule has 0 saturated carbocycles. The average Bonchev–Trinajstić information content (AvgIpc) is 2.94. The summed E-state index contributed by atoms with van der Waals surface area (Å²) in [5.41, 5.74) is 5.01. The van der Waals surface area contributed by atoms with E-state index in [1.54, 1.807) is 14.2 Å². The standard InChI is InChI=1S/C30H37Cl2N3O2/c1-36-28-12-4-24(5-13-28)22-34-18-3-19-35(23-25-6-14-29(37-2)15-7-25)30(34)26-8-10-27(11-9-26)33(20-16-31)21-17-32/h4-15,30H,3,16-23H2,1-2H3. The maximum absolute atomic E-state index is 6.05. The molecule has 0 atom stereocenters. The summed E-state index contributed by atoms with van der Waals surface area (Å²) in [6, 6.07) is 25.8. The van der Waals surface area contributed by atoms with Crippen LogP contribution in [-0.2, 0) is 13.1 Å². The van der Waals surface area contributed by atoms with Crippen molar-refractivity contribution in [2.45, 2.75) is 25.7 Å². The van der Waals surface area contributed by atoms with Gasteiger partial charge in [-0.1, -0.05) is 36.4 Å². The van der Waals surface area contributed by atoms with E-state index in [0.29, 0.717) is 11.8 Å². The molecule has 5 nitrogen and oxygen atoms in total. The van der Waals surface area contributed by atoms with Crippen molar-refractivity contribution >= 4 is 28.9 Å². The third kappa shape index (κ3) is 7.32. The minimum Gasteiger partial charge on any atom is -0.497 e. The Morgan fingerprint density at radius 1 is 0.703 bits per heavy atom. The van der Waals surface area contributed by atoms with Crippen LogP contribution < -0.4 is 14.4 Å². The molecular formula is C30H37Cl2N3O2. The summed E-state index contributed by atoms with van der Waals surface area (Å²) < 4.78 is 10.7. The first-order chi connectivity index (χ1) is 18.1. The quantitative estimate of drug-likeness (QED) is 0.247. The van der Waals surface area contributed by atoms with Crippen molar-refractivity contribution in [2.75, 3.05) is 57.1 Å². The molecule has 0 amide bonds. The summed E-state index contributed by atoms with van der Waals surface area (Å²) in [5, 5.41) is 0. The molecule has 1 aliphatic rings. The lowest BCUT2D eigenvalue weighted by Crippen LogP contribution is -2.46. The van der Waals surface area contributed by atoms with Gasteiger partial charge in [-0.3, -0.25) is 9.80 Å². The van der Waals surface area contributed by atoms with Gasteiger partial charge in [0.25, 0.3) is 0 Å².